The van der Waals surface area contributed by atoms with Crippen molar-refractivity contribution in [2.75, 3.05) is 13.4 Å². The van der Waals surface area contributed by atoms with Crippen LogP contribution in [-0.2, 0) is 33.0 Å². The summed E-state index contributed by atoms with van der Waals surface area (Å²) in [5.74, 6) is -2.22. The Labute approximate surface area is 186 Å². The molecule has 2 heterocycles. The smallest absolute Gasteiger partial charge is 0.404 e. The van der Waals surface area contributed by atoms with Gasteiger partial charge in [0.1, 0.15) is 17.7 Å². The lowest BCUT2D eigenvalue weighted by Gasteiger charge is -2.48. The summed E-state index contributed by atoms with van der Waals surface area (Å²) in [7, 11) is -2.12. The fourth-order valence-corrected chi connectivity index (χ4v) is 5.96. The van der Waals surface area contributed by atoms with Crippen LogP contribution in [0, 0.1) is 5.92 Å². The largest absolute Gasteiger partial charge is 0.444 e. The van der Waals surface area contributed by atoms with Crippen molar-refractivity contribution < 1.29 is 37.8 Å². The fourth-order valence-electron chi connectivity index (χ4n) is 3.02. The summed E-state index contributed by atoms with van der Waals surface area (Å²) in [5, 5.41) is -0.420. The van der Waals surface area contributed by atoms with E-state index in [2.05, 4.69) is 38.6 Å². The van der Waals surface area contributed by atoms with Crippen molar-refractivity contribution in [2.24, 2.45) is 11.7 Å². The molecule has 10 nitrogen and oxygen atoms in total. The number of carbonyl (C=O) groups excluding carboxylic acids is 4. The van der Waals surface area contributed by atoms with Gasteiger partial charge in [0, 0.05) is 6.92 Å². The van der Waals surface area contributed by atoms with Gasteiger partial charge in [-0.1, -0.05) is 32.5 Å². The average molecular weight is 475 g/mol. The molecule has 2 N–H and O–H groups in total. The molecule has 0 spiro atoms. The third-order valence-electron chi connectivity index (χ3n) is 5.64. The molecule has 0 unspecified atom stereocenters. The van der Waals surface area contributed by atoms with E-state index in [9.17, 15) is 19.2 Å². The van der Waals surface area contributed by atoms with Crippen LogP contribution in [0.2, 0.25) is 18.1 Å². The number of rotatable bonds is 8. The van der Waals surface area contributed by atoms with Gasteiger partial charge < -0.3 is 24.4 Å². The Kier molecular flexibility index (Phi) is 7.49. The van der Waals surface area contributed by atoms with Crippen molar-refractivity contribution in [1.29, 1.82) is 0 Å². The molecule has 0 aliphatic carbocycles. The van der Waals surface area contributed by atoms with Crippen molar-refractivity contribution in [3.05, 3.63) is 10.6 Å². The van der Waals surface area contributed by atoms with Gasteiger partial charge in [0.15, 0.2) is 8.32 Å². The zero-order chi connectivity index (χ0) is 23.7. The number of fused-ring (bicyclic) bond motifs is 1. The number of hydrogen-bond donors (Lipinski definition) is 1. The third-order valence-corrected chi connectivity index (χ3v) is 11.6. The monoisotopic (exact) mass is 474 g/mol. The van der Waals surface area contributed by atoms with Gasteiger partial charge in [0.25, 0.3) is 0 Å². The minimum absolute atomic E-state index is 0.0268. The summed E-state index contributed by atoms with van der Waals surface area (Å²) in [6.45, 7) is 12.7. The van der Waals surface area contributed by atoms with Gasteiger partial charge in [0.2, 0.25) is 12.7 Å². The number of nitrogens with zero attached hydrogens (tertiary/aromatic N) is 1. The van der Waals surface area contributed by atoms with E-state index in [0.29, 0.717) is 4.91 Å². The van der Waals surface area contributed by atoms with E-state index in [0.717, 1.165) is 0 Å². The molecule has 2 aliphatic heterocycles. The maximum Gasteiger partial charge on any atom is 0.404 e. The highest BCUT2D eigenvalue weighted by Gasteiger charge is 2.59. The average Bonchev–Trinajstić information content (AvgIpc) is 2.92. The van der Waals surface area contributed by atoms with Crippen LogP contribution in [0.5, 0.6) is 0 Å². The molecule has 2 amide bonds. The number of β-lactam (4-membered cyclic amide) rings is 1. The van der Waals surface area contributed by atoms with E-state index in [1.807, 2.05) is 6.92 Å². The van der Waals surface area contributed by atoms with Crippen LogP contribution in [0.25, 0.3) is 0 Å². The molecule has 0 aromatic rings. The molecule has 0 aromatic carbocycles. The van der Waals surface area contributed by atoms with Crippen molar-refractivity contribution >= 4 is 44.0 Å². The van der Waals surface area contributed by atoms with Crippen LogP contribution in [0.1, 0.15) is 34.6 Å². The standard InChI is InChI=1S/C19H30N2O8SSi/c1-10(29-31(6,7)19(3,4)5)13-15(23)21-14(17(24)28-9-27-11(2)22)12(30-16(13)21)8-26-18(20)25/h10,13,16H,8-9H2,1-7H3,(H2,20,25)/t10-,13+,16-/m1/s1. The van der Waals surface area contributed by atoms with Crippen molar-refractivity contribution in [2.45, 2.75) is 64.2 Å². The van der Waals surface area contributed by atoms with Crippen molar-refractivity contribution in [3.8, 4) is 0 Å². The van der Waals surface area contributed by atoms with Crippen LogP contribution >= 0.6 is 11.8 Å². The molecule has 12 heteroatoms. The molecule has 2 aliphatic rings. The number of carbonyl (C=O) groups is 4. The lowest BCUT2D eigenvalue weighted by Crippen LogP contribution is -2.62. The topological polar surface area (TPSA) is 134 Å². The van der Waals surface area contributed by atoms with E-state index in [1.54, 1.807) is 0 Å². The summed E-state index contributed by atoms with van der Waals surface area (Å²) >= 11 is 1.23. The molecule has 0 aromatic heterocycles. The molecule has 1 saturated heterocycles. The Bertz CT molecular complexity index is 807. The second-order valence-electron chi connectivity index (χ2n) is 8.89. The first-order chi connectivity index (χ1) is 14.2. The van der Waals surface area contributed by atoms with Crippen LogP contribution in [0.4, 0.5) is 4.79 Å². The number of thioether (sulfide) groups is 1. The highest BCUT2D eigenvalue weighted by molar-refractivity contribution is 8.04. The molecule has 1 fully saturated rings. The summed E-state index contributed by atoms with van der Waals surface area (Å²) in [6.07, 6.45) is -1.37. The number of hydrogen-bond acceptors (Lipinski definition) is 9. The number of primary amides is 1. The number of ether oxygens (including phenoxy) is 3. The van der Waals surface area contributed by atoms with Gasteiger partial charge in [-0.2, -0.15) is 0 Å². The van der Waals surface area contributed by atoms with Crippen LogP contribution in [-0.4, -0.2) is 62.0 Å². The van der Waals surface area contributed by atoms with Gasteiger partial charge in [-0.05, 0) is 25.1 Å². The Morgan fingerprint density at radius 3 is 2.32 bits per heavy atom. The van der Waals surface area contributed by atoms with Crippen LogP contribution in [0.3, 0.4) is 0 Å². The molecule has 2 rings (SSSR count). The Morgan fingerprint density at radius 2 is 1.81 bits per heavy atom. The molecular weight excluding hydrogens is 444 g/mol. The molecule has 0 radical (unpaired) electrons. The molecule has 31 heavy (non-hydrogen) atoms. The fraction of sp³-hybridized carbons (Fsp3) is 0.684. The third kappa shape index (κ3) is 5.41. The first-order valence-corrected chi connectivity index (χ1v) is 13.6. The maximum absolute atomic E-state index is 13.0. The second-order valence-corrected chi connectivity index (χ2v) is 14.9. The molecular formula is C19H30N2O8SSi. The lowest BCUT2D eigenvalue weighted by molar-refractivity contribution is -0.168. The summed E-state index contributed by atoms with van der Waals surface area (Å²) in [5.41, 5.74) is 5.00. The normalized spacial score (nSPS) is 21.9. The van der Waals surface area contributed by atoms with Gasteiger partial charge in [-0.25, -0.2) is 9.59 Å². The minimum atomic E-state index is -2.12. The van der Waals surface area contributed by atoms with E-state index in [-0.39, 0.29) is 29.4 Å². The van der Waals surface area contributed by atoms with Crippen molar-refractivity contribution in [3.63, 3.8) is 0 Å². The zero-order valence-corrected chi connectivity index (χ0v) is 20.7. The van der Waals surface area contributed by atoms with E-state index >= 15 is 0 Å². The summed E-state index contributed by atoms with van der Waals surface area (Å²) in [4.78, 5) is 49.2. The van der Waals surface area contributed by atoms with Gasteiger partial charge in [-0.3, -0.25) is 14.5 Å². The van der Waals surface area contributed by atoms with Crippen LogP contribution < -0.4 is 5.73 Å². The number of amides is 2. The Morgan fingerprint density at radius 1 is 1.19 bits per heavy atom. The molecule has 174 valence electrons. The van der Waals surface area contributed by atoms with Crippen molar-refractivity contribution in [1.82, 2.24) is 4.90 Å². The quantitative estimate of drug-likeness (QED) is 0.243. The van der Waals surface area contributed by atoms with Gasteiger partial charge >= 0.3 is 18.0 Å². The minimum Gasteiger partial charge on any atom is -0.444 e. The summed E-state index contributed by atoms with van der Waals surface area (Å²) < 4.78 is 20.8. The highest BCUT2D eigenvalue weighted by Crippen LogP contribution is 2.51. The zero-order valence-electron chi connectivity index (χ0n) is 18.8. The Balaban J connectivity index is 2.18. The molecule has 3 atom stereocenters. The SMILES string of the molecule is CC(=O)OCOC(=O)C1=C(COC(N)=O)S[C@@H]2[C@@H]([C@@H](C)O[Si](C)(C)C(C)(C)C)C(=O)N12. The van der Waals surface area contributed by atoms with Gasteiger partial charge in [0.05, 0.1) is 16.9 Å². The first kappa shape index (κ1) is 25.2. The van der Waals surface area contributed by atoms with E-state index in [1.165, 1.54) is 23.6 Å². The Hall–Kier alpha value is -2.05. The summed E-state index contributed by atoms with van der Waals surface area (Å²) in [6, 6.07) is 0. The van der Waals surface area contributed by atoms with E-state index < -0.39 is 44.4 Å². The maximum atomic E-state index is 13.0. The predicted octanol–water partition coefficient (Wildman–Crippen LogP) is 2.30. The predicted molar refractivity (Wildman–Crippen MR) is 115 cm³/mol. The van der Waals surface area contributed by atoms with E-state index in [4.69, 9.17) is 19.6 Å². The molecule has 0 bridgehead atoms. The highest BCUT2D eigenvalue weighted by atomic mass is 32.2. The first-order valence-electron chi connectivity index (χ1n) is 9.80. The molecule has 0 saturated carbocycles. The lowest BCUT2D eigenvalue weighted by atomic mass is 9.92. The van der Waals surface area contributed by atoms with Gasteiger partial charge in [-0.15, -0.1) is 0 Å². The number of esters is 2. The second kappa shape index (κ2) is 9.21. The number of nitrogens with two attached hydrogens (primary N) is 1. The van der Waals surface area contributed by atoms with Crippen LogP contribution in [0.15, 0.2) is 10.6 Å².